The van der Waals surface area contributed by atoms with Crippen LogP contribution in [0.2, 0.25) is 0 Å². The zero-order valence-corrected chi connectivity index (χ0v) is 17.0. The molecule has 2 aliphatic carbocycles. The van der Waals surface area contributed by atoms with Crippen molar-refractivity contribution in [2.45, 2.75) is 94.8 Å². The number of hydrogen-bond donors (Lipinski definition) is 2. The molecule has 1 saturated heterocycles. The molecule has 0 radical (unpaired) electrons. The predicted octanol–water partition coefficient (Wildman–Crippen LogP) is 3.37. The van der Waals surface area contributed by atoms with Gasteiger partial charge in [0.1, 0.15) is 0 Å². The first-order valence-electron chi connectivity index (χ1n) is 11.2. The largest absolute Gasteiger partial charge is 0.351 e. The third kappa shape index (κ3) is 5.17. The molecule has 29 heavy (non-hydrogen) atoms. The maximum Gasteiger partial charge on any atom is 0.252 e. The van der Waals surface area contributed by atoms with Crippen LogP contribution in [-0.2, 0) is 19.1 Å². The Kier molecular flexibility index (Phi) is 6.82. The zero-order chi connectivity index (χ0) is 20.1. The normalized spacial score (nSPS) is 28.8. The van der Waals surface area contributed by atoms with Crippen molar-refractivity contribution in [3.05, 3.63) is 35.9 Å². The summed E-state index contributed by atoms with van der Waals surface area (Å²) in [6.45, 7) is 0. The first-order valence-corrected chi connectivity index (χ1v) is 11.2. The molecule has 2 saturated carbocycles. The van der Waals surface area contributed by atoms with Gasteiger partial charge < -0.3 is 20.1 Å². The highest BCUT2D eigenvalue weighted by molar-refractivity contribution is 5.91. The summed E-state index contributed by atoms with van der Waals surface area (Å²) < 4.78 is 12.0. The van der Waals surface area contributed by atoms with E-state index < -0.39 is 18.5 Å². The molecule has 1 aromatic carbocycles. The molecule has 6 nitrogen and oxygen atoms in total. The molecule has 3 aliphatic rings. The van der Waals surface area contributed by atoms with Crippen LogP contribution in [0.15, 0.2) is 30.3 Å². The van der Waals surface area contributed by atoms with Crippen molar-refractivity contribution in [2.75, 3.05) is 0 Å². The Hall–Kier alpha value is -1.92. The molecule has 1 aromatic rings. The Morgan fingerprint density at radius 2 is 1.14 bits per heavy atom. The predicted molar refractivity (Wildman–Crippen MR) is 109 cm³/mol. The summed E-state index contributed by atoms with van der Waals surface area (Å²) in [4.78, 5) is 26.0. The summed E-state index contributed by atoms with van der Waals surface area (Å²) in [6, 6.07) is 9.82. The van der Waals surface area contributed by atoms with Crippen LogP contribution >= 0.6 is 0 Å². The molecule has 1 aliphatic heterocycles. The fraction of sp³-hybridized carbons (Fsp3) is 0.652. The highest BCUT2D eigenvalue weighted by Gasteiger charge is 2.46. The number of carbonyl (C=O) groups is 2. The maximum absolute atomic E-state index is 13.0. The van der Waals surface area contributed by atoms with Gasteiger partial charge >= 0.3 is 0 Å². The first-order chi connectivity index (χ1) is 14.2. The summed E-state index contributed by atoms with van der Waals surface area (Å²) in [5.74, 6) is -0.474. The standard InChI is InChI=1S/C23H32N2O4/c26-21(24-17-12-6-2-7-13-17)19-20(22(27)25-18-14-8-3-9-15-18)29-23(28-19)16-10-4-1-5-11-16/h1,4-5,10-11,17-20,23H,2-3,6-9,12-15H2,(H,24,26)(H,25,27)/t19-,20+,23?. The molecule has 3 atom stereocenters. The Labute approximate surface area is 172 Å². The fourth-order valence-corrected chi connectivity index (χ4v) is 4.67. The van der Waals surface area contributed by atoms with Crippen molar-refractivity contribution in [1.29, 1.82) is 0 Å². The average molecular weight is 401 g/mol. The molecule has 0 spiro atoms. The summed E-state index contributed by atoms with van der Waals surface area (Å²) >= 11 is 0. The minimum atomic E-state index is -0.925. The lowest BCUT2D eigenvalue weighted by atomic mass is 9.94. The third-order valence-corrected chi connectivity index (χ3v) is 6.31. The Bertz CT molecular complexity index is 643. The number of carbonyl (C=O) groups excluding carboxylic acids is 2. The van der Waals surface area contributed by atoms with E-state index in [-0.39, 0.29) is 23.9 Å². The van der Waals surface area contributed by atoms with E-state index in [2.05, 4.69) is 10.6 Å². The first kappa shape index (κ1) is 20.4. The lowest BCUT2D eigenvalue weighted by Gasteiger charge is -2.26. The minimum Gasteiger partial charge on any atom is -0.351 e. The van der Waals surface area contributed by atoms with E-state index in [9.17, 15) is 9.59 Å². The van der Waals surface area contributed by atoms with Gasteiger partial charge in [0.05, 0.1) is 0 Å². The van der Waals surface area contributed by atoms with E-state index >= 15 is 0 Å². The lowest BCUT2D eigenvalue weighted by molar-refractivity contribution is -0.138. The molecular formula is C23H32N2O4. The van der Waals surface area contributed by atoms with Gasteiger partial charge in [0.2, 0.25) is 0 Å². The van der Waals surface area contributed by atoms with E-state index in [0.29, 0.717) is 0 Å². The lowest BCUT2D eigenvalue weighted by Crippen LogP contribution is -2.52. The van der Waals surface area contributed by atoms with Gasteiger partial charge in [0.15, 0.2) is 18.5 Å². The van der Waals surface area contributed by atoms with Crippen LogP contribution in [0.4, 0.5) is 0 Å². The average Bonchev–Trinajstić information content (AvgIpc) is 3.22. The van der Waals surface area contributed by atoms with Crippen LogP contribution in [0.3, 0.4) is 0 Å². The number of amides is 2. The van der Waals surface area contributed by atoms with Crippen molar-refractivity contribution in [2.24, 2.45) is 0 Å². The molecule has 6 heteroatoms. The summed E-state index contributed by atoms with van der Waals surface area (Å²) in [5, 5.41) is 6.19. The quantitative estimate of drug-likeness (QED) is 0.795. The zero-order valence-electron chi connectivity index (χ0n) is 17.0. The molecule has 1 heterocycles. The fourth-order valence-electron chi connectivity index (χ4n) is 4.67. The topological polar surface area (TPSA) is 76.7 Å². The van der Waals surface area contributed by atoms with Crippen molar-refractivity contribution >= 4 is 11.8 Å². The highest BCUT2D eigenvalue weighted by Crippen LogP contribution is 2.32. The van der Waals surface area contributed by atoms with Gasteiger partial charge in [-0.3, -0.25) is 9.59 Å². The Morgan fingerprint density at radius 1 is 0.690 bits per heavy atom. The SMILES string of the molecule is O=C(NC1CCCCC1)[C@H]1OC(c2ccccc2)O[C@H]1C(=O)NC1CCCCC1. The van der Waals surface area contributed by atoms with Crippen molar-refractivity contribution < 1.29 is 19.1 Å². The van der Waals surface area contributed by atoms with E-state index in [1.165, 1.54) is 12.8 Å². The number of hydrogen-bond acceptors (Lipinski definition) is 4. The molecule has 158 valence electrons. The molecule has 0 aromatic heterocycles. The van der Waals surface area contributed by atoms with Crippen LogP contribution in [0.1, 0.15) is 76.1 Å². The van der Waals surface area contributed by atoms with Gasteiger partial charge in [0.25, 0.3) is 11.8 Å². The number of nitrogens with one attached hydrogen (secondary N) is 2. The summed E-state index contributed by atoms with van der Waals surface area (Å²) in [7, 11) is 0. The molecule has 1 unspecified atom stereocenters. The van der Waals surface area contributed by atoms with E-state index in [4.69, 9.17) is 9.47 Å². The summed E-state index contributed by atoms with van der Waals surface area (Å²) in [6.07, 6.45) is 8.35. The van der Waals surface area contributed by atoms with E-state index in [0.717, 1.165) is 56.9 Å². The summed E-state index contributed by atoms with van der Waals surface area (Å²) in [5.41, 5.74) is 0.816. The number of benzene rings is 1. The van der Waals surface area contributed by atoms with Gasteiger partial charge in [-0.2, -0.15) is 0 Å². The van der Waals surface area contributed by atoms with Gasteiger partial charge in [-0.25, -0.2) is 0 Å². The third-order valence-electron chi connectivity index (χ3n) is 6.31. The Balaban J connectivity index is 1.45. The van der Waals surface area contributed by atoms with Gasteiger partial charge in [-0.05, 0) is 25.7 Å². The molecule has 0 bridgehead atoms. The van der Waals surface area contributed by atoms with Crippen molar-refractivity contribution in [1.82, 2.24) is 10.6 Å². The molecule has 2 amide bonds. The second-order valence-electron chi connectivity index (χ2n) is 8.54. The molecule has 2 N–H and O–H groups in total. The van der Waals surface area contributed by atoms with E-state index in [1.54, 1.807) is 0 Å². The van der Waals surface area contributed by atoms with Gasteiger partial charge in [-0.15, -0.1) is 0 Å². The second kappa shape index (κ2) is 9.72. The maximum atomic E-state index is 13.0. The second-order valence-corrected chi connectivity index (χ2v) is 8.54. The monoisotopic (exact) mass is 400 g/mol. The van der Waals surface area contributed by atoms with Gasteiger partial charge in [0, 0.05) is 17.6 Å². The molecule has 3 fully saturated rings. The van der Waals surface area contributed by atoms with Crippen LogP contribution < -0.4 is 10.6 Å². The van der Waals surface area contributed by atoms with Gasteiger partial charge in [-0.1, -0.05) is 68.9 Å². The smallest absolute Gasteiger partial charge is 0.252 e. The van der Waals surface area contributed by atoms with Crippen molar-refractivity contribution in [3.8, 4) is 0 Å². The molecule has 4 rings (SSSR count). The number of rotatable bonds is 5. The number of ether oxygens (including phenoxy) is 2. The van der Waals surface area contributed by atoms with Crippen LogP contribution in [0, 0.1) is 0 Å². The van der Waals surface area contributed by atoms with Crippen molar-refractivity contribution in [3.63, 3.8) is 0 Å². The minimum absolute atomic E-state index is 0.165. The highest BCUT2D eigenvalue weighted by atomic mass is 16.7. The van der Waals surface area contributed by atoms with E-state index in [1.807, 2.05) is 30.3 Å². The van der Waals surface area contributed by atoms with Crippen LogP contribution in [0.5, 0.6) is 0 Å². The van der Waals surface area contributed by atoms with Crippen LogP contribution in [-0.4, -0.2) is 36.1 Å². The Morgan fingerprint density at radius 3 is 1.59 bits per heavy atom. The molecular weight excluding hydrogens is 368 g/mol. The van der Waals surface area contributed by atoms with Crippen LogP contribution in [0.25, 0.3) is 0 Å².